The van der Waals surface area contributed by atoms with Gasteiger partial charge < -0.3 is 9.84 Å². The van der Waals surface area contributed by atoms with Crippen molar-refractivity contribution in [3.05, 3.63) is 40.1 Å². The van der Waals surface area contributed by atoms with Gasteiger partial charge in [-0.15, -0.1) is 4.91 Å². The number of ketones is 1. The first-order valence-corrected chi connectivity index (χ1v) is 7.60. The SMILES string of the molecule is CC(C)(C)OC(=O)N(N=O)[C@@H](CC(=O)C(=O)O)Cc1cc(F)c(F)cc1F. The molecule has 27 heavy (non-hydrogen) atoms. The first kappa shape index (κ1) is 22.1. The molecule has 1 atom stereocenters. The Morgan fingerprint density at radius 3 is 2.19 bits per heavy atom. The number of hydrogen-bond donors (Lipinski definition) is 1. The Bertz CT molecular complexity index is 763. The number of ether oxygens (including phenoxy) is 1. The summed E-state index contributed by atoms with van der Waals surface area (Å²) in [6.07, 6.45) is -2.94. The number of amides is 1. The molecule has 0 saturated carbocycles. The average molecular weight is 390 g/mol. The third kappa shape index (κ3) is 6.35. The molecule has 1 amide bonds. The van der Waals surface area contributed by atoms with Crippen LogP contribution in [0.15, 0.2) is 17.4 Å². The van der Waals surface area contributed by atoms with E-state index in [2.05, 4.69) is 5.29 Å². The highest BCUT2D eigenvalue weighted by Gasteiger charge is 2.33. The molecule has 0 spiro atoms. The van der Waals surface area contributed by atoms with E-state index in [1.54, 1.807) is 0 Å². The Morgan fingerprint density at radius 1 is 1.15 bits per heavy atom. The molecule has 11 heteroatoms. The first-order chi connectivity index (χ1) is 12.4. The molecule has 0 bridgehead atoms. The summed E-state index contributed by atoms with van der Waals surface area (Å²) in [5, 5.41) is 11.3. The van der Waals surface area contributed by atoms with Crippen molar-refractivity contribution in [3.63, 3.8) is 0 Å². The van der Waals surface area contributed by atoms with Gasteiger partial charge in [-0.25, -0.2) is 22.8 Å². The van der Waals surface area contributed by atoms with E-state index >= 15 is 0 Å². The highest BCUT2D eigenvalue weighted by Crippen LogP contribution is 2.21. The van der Waals surface area contributed by atoms with Crippen LogP contribution in [-0.2, 0) is 20.7 Å². The first-order valence-electron chi connectivity index (χ1n) is 7.60. The number of carboxylic acid groups (broad SMARTS) is 1. The van der Waals surface area contributed by atoms with Crippen LogP contribution in [0.25, 0.3) is 0 Å². The molecule has 0 aromatic heterocycles. The summed E-state index contributed by atoms with van der Waals surface area (Å²) in [6.45, 7) is 4.42. The minimum Gasteiger partial charge on any atom is -0.476 e. The van der Waals surface area contributed by atoms with Gasteiger partial charge in [0, 0.05) is 12.5 Å². The molecule has 1 rings (SSSR count). The highest BCUT2D eigenvalue weighted by atomic mass is 19.2. The molecular weight excluding hydrogens is 373 g/mol. The fourth-order valence-corrected chi connectivity index (χ4v) is 2.08. The van der Waals surface area contributed by atoms with Crippen molar-refractivity contribution < 1.29 is 37.4 Å². The lowest BCUT2D eigenvalue weighted by Gasteiger charge is -2.27. The van der Waals surface area contributed by atoms with Crippen LogP contribution in [0.2, 0.25) is 0 Å². The fourth-order valence-electron chi connectivity index (χ4n) is 2.08. The van der Waals surface area contributed by atoms with Crippen LogP contribution in [-0.4, -0.2) is 39.6 Å². The van der Waals surface area contributed by atoms with Crippen molar-refractivity contribution in [3.8, 4) is 0 Å². The zero-order valence-corrected chi connectivity index (χ0v) is 14.7. The van der Waals surface area contributed by atoms with Crippen LogP contribution in [0.4, 0.5) is 18.0 Å². The number of aliphatic carboxylic acids is 1. The number of hydrogen-bond acceptors (Lipinski definition) is 6. The van der Waals surface area contributed by atoms with Gasteiger partial charge in [0.15, 0.2) is 11.6 Å². The van der Waals surface area contributed by atoms with E-state index in [9.17, 15) is 32.5 Å². The lowest BCUT2D eigenvalue weighted by molar-refractivity contribution is -0.149. The average Bonchev–Trinajstić information content (AvgIpc) is 2.51. The minimum atomic E-state index is -1.86. The van der Waals surface area contributed by atoms with Gasteiger partial charge in [-0.2, -0.15) is 5.01 Å². The zero-order valence-electron chi connectivity index (χ0n) is 14.7. The van der Waals surface area contributed by atoms with E-state index in [-0.39, 0.29) is 11.1 Å². The molecule has 0 heterocycles. The highest BCUT2D eigenvalue weighted by molar-refractivity contribution is 6.32. The molecule has 0 unspecified atom stereocenters. The topological polar surface area (TPSA) is 113 Å². The Kier molecular flexibility index (Phi) is 7.03. The van der Waals surface area contributed by atoms with Crippen molar-refractivity contribution in [2.75, 3.05) is 0 Å². The maximum Gasteiger partial charge on any atom is 0.433 e. The third-order valence-electron chi connectivity index (χ3n) is 3.22. The van der Waals surface area contributed by atoms with E-state index < -0.39 is 65.3 Å². The predicted octanol–water partition coefficient (Wildman–Crippen LogP) is 2.98. The smallest absolute Gasteiger partial charge is 0.433 e. The Balaban J connectivity index is 3.24. The number of nitrogens with zero attached hydrogens (tertiary/aromatic N) is 2. The predicted molar refractivity (Wildman–Crippen MR) is 84.9 cm³/mol. The van der Waals surface area contributed by atoms with Gasteiger partial charge in [0.1, 0.15) is 11.4 Å². The van der Waals surface area contributed by atoms with Gasteiger partial charge >= 0.3 is 12.1 Å². The van der Waals surface area contributed by atoms with Crippen molar-refractivity contribution in [2.45, 2.75) is 45.3 Å². The second-order valence-corrected chi connectivity index (χ2v) is 6.55. The van der Waals surface area contributed by atoms with Crippen LogP contribution < -0.4 is 0 Å². The summed E-state index contributed by atoms with van der Waals surface area (Å²) < 4.78 is 45.2. The van der Waals surface area contributed by atoms with Crippen LogP contribution >= 0.6 is 0 Å². The van der Waals surface area contributed by atoms with Gasteiger partial charge in [0.25, 0.3) is 0 Å². The number of carbonyl (C=O) groups excluding carboxylic acids is 2. The minimum absolute atomic E-state index is 0.132. The van der Waals surface area contributed by atoms with Crippen molar-refractivity contribution in [1.29, 1.82) is 0 Å². The number of Topliss-reactive ketones (excluding diaryl/α,β-unsaturated/α-hetero) is 1. The summed E-state index contributed by atoms with van der Waals surface area (Å²) in [7, 11) is 0. The maximum atomic E-state index is 13.9. The van der Waals surface area contributed by atoms with Crippen molar-refractivity contribution in [1.82, 2.24) is 5.01 Å². The monoisotopic (exact) mass is 390 g/mol. The second kappa shape index (κ2) is 8.60. The summed E-state index contributed by atoms with van der Waals surface area (Å²) in [6, 6.07) is -0.881. The number of nitroso groups, excluding NO2 is 1. The number of rotatable bonds is 7. The van der Waals surface area contributed by atoms with Gasteiger partial charge in [-0.3, -0.25) is 4.79 Å². The van der Waals surface area contributed by atoms with E-state index in [0.717, 1.165) is 0 Å². The van der Waals surface area contributed by atoms with Crippen LogP contribution in [0, 0.1) is 22.4 Å². The largest absolute Gasteiger partial charge is 0.476 e. The summed E-state index contributed by atoms with van der Waals surface area (Å²) in [4.78, 5) is 45.5. The zero-order chi connectivity index (χ0) is 20.9. The number of benzene rings is 1. The van der Waals surface area contributed by atoms with E-state index in [1.165, 1.54) is 20.8 Å². The molecule has 1 aromatic rings. The van der Waals surface area contributed by atoms with E-state index in [1.807, 2.05) is 0 Å². The molecule has 0 fully saturated rings. The van der Waals surface area contributed by atoms with Crippen LogP contribution in [0.1, 0.15) is 32.8 Å². The lowest BCUT2D eigenvalue weighted by atomic mass is 10.00. The van der Waals surface area contributed by atoms with Gasteiger partial charge in [-0.1, -0.05) is 0 Å². The number of carboxylic acids is 1. The number of halogens is 3. The standard InChI is InChI=1S/C16H17F3N2O6/c1-16(2,3)27-15(25)21(20-26)9(6-13(22)14(23)24)4-8-5-11(18)12(19)7-10(8)17/h5,7,9H,4,6H2,1-3H3,(H,23,24)/t9-/m1/s1. The van der Waals surface area contributed by atoms with Gasteiger partial charge in [0.2, 0.25) is 5.78 Å². The number of carbonyl (C=O) groups is 3. The molecule has 8 nitrogen and oxygen atoms in total. The molecule has 0 aliphatic rings. The molecular formula is C16H17F3N2O6. The third-order valence-corrected chi connectivity index (χ3v) is 3.22. The van der Waals surface area contributed by atoms with E-state index in [4.69, 9.17) is 9.84 Å². The van der Waals surface area contributed by atoms with Crippen LogP contribution in [0.3, 0.4) is 0 Å². The van der Waals surface area contributed by atoms with Crippen molar-refractivity contribution in [2.24, 2.45) is 5.29 Å². The fraction of sp³-hybridized carbons (Fsp3) is 0.438. The van der Waals surface area contributed by atoms with Crippen LogP contribution in [0.5, 0.6) is 0 Å². The van der Waals surface area contributed by atoms with Crippen molar-refractivity contribution >= 4 is 17.8 Å². The van der Waals surface area contributed by atoms with Gasteiger partial charge in [-0.05, 0) is 38.8 Å². The Hall–Kier alpha value is -2.98. The molecule has 1 aromatic carbocycles. The molecule has 0 aliphatic carbocycles. The second-order valence-electron chi connectivity index (χ2n) is 6.55. The lowest BCUT2D eigenvalue weighted by Crippen LogP contribution is -2.42. The normalized spacial score (nSPS) is 12.2. The molecule has 0 aliphatic heterocycles. The molecule has 0 radical (unpaired) electrons. The molecule has 1 N–H and O–H groups in total. The van der Waals surface area contributed by atoms with E-state index in [0.29, 0.717) is 6.07 Å². The quantitative estimate of drug-likeness (QED) is 0.331. The maximum absolute atomic E-state index is 13.9. The van der Waals surface area contributed by atoms with Gasteiger partial charge in [0.05, 0.1) is 11.3 Å². The summed E-state index contributed by atoms with van der Waals surface area (Å²) >= 11 is 0. The molecule has 0 saturated heterocycles. The summed E-state index contributed by atoms with van der Waals surface area (Å²) in [5.41, 5.74) is -1.55. The Labute approximate surface area is 151 Å². The Morgan fingerprint density at radius 2 is 1.70 bits per heavy atom. The molecule has 148 valence electrons. The summed E-state index contributed by atoms with van der Waals surface area (Å²) in [5.74, 6) is -7.35.